The van der Waals surface area contributed by atoms with Gasteiger partial charge in [0.25, 0.3) is 5.91 Å². The van der Waals surface area contributed by atoms with Crippen molar-refractivity contribution < 1.29 is 19.4 Å². The van der Waals surface area contributed by atoms with E-state index in [0.29, 0.717) is 21.6 Å². The number of thiazole rings is 1. The van der Waals surface area contributed by atoms with Crippen LogP contribution >= 0.6 is 22.9 Å². The van der Waals surface area contributed by atoms with Gasteiger partial charge < -0.3 is 9.84 Å². The molecule has 8 heteroatoms. The Balaban J connectivity index is 1.92. The van der Waals surface area contributed by atoms with Crippen molar-refractivity contribution in [3.8, 4) is 5.75 Å². The largest absolute Gasteiger partial charge is 0.481 e. The van der Waals surface area contributed by atoms with Crippen LogP contribution in [0.3, 0.4) is 0 Å². The summed E-state index contributed by atoms with van der Waals surface area (Å²) in [7, 11) is 0. The molecule has 0 saturated heterocycles. The fourth-order valence-electron chi connectivity index (χ4n) is 1.58. The summed E-state index contributed by atoms with van der Waals surface area (Å²) in [6.45, 7) is 1.61. The second kappa shape index (κ2) is 7.24. The molecule has 1 amide bonds. The predicted octanol–water partition coefficient (Wildman–Crippen LogP) is 2.83. The van der Waals surface area contributed by atoms with Crippen molar-refractivity contribution in [1.82, 2.24) is 4.98 Å². The van der Waals surface area contributed by atoms with Crippen molar-refractivity contribution in [2.45, 2.75) is 19.4 Å². The second-order valence-electron chi connectivity index (χ2n) is 4.42. The van der Waals surface area contributed by atoms with E-state index in [1.807, 2.05) is 0 Å². The van der Waals surface area contributed by atoms with Crippen molar-refractivity contribution in [3.63, 3.8) is 0 Å². The van der Waals surface area contributed by atoms with Crippen LogP contribution in [0, 0.1) is 0 Å². The lowest BCUT2D eigenvalue weighted by atomic mass is 10.3. The molecule has 0 aliphatic rings. The number of carboxylic acid groups (broad SMARTS) is 1. The zero-order valence-corrected chi connectivity index (χ0v) is 13.1. The molecular formula is C14H13ClN2O4S. The summed E-state index contributed by atoms with van der Waals surface area (Å²) in [6, 6.07) is 6.67. The molecule has 0 aliphatic carbocycles. The van der Waals surface area contributed by atoms with Crippen molar-refractivity contribution in [2.75, 3.05) is 5.32 Å². The number of halogens is 1. The molecule has 0 unspecified atom stereocenters. The van der Waals surface area contributed by atoms with Gasteiger partial charge in [-0.3, -0.25) is 14.9 Å². The summed E-state index contributed by atoms with van der Waals surface area (Å²) in [4.78, 5) is 26.6. The van der Waals surface area contributed by atoms with Gasteiger partial charge in [-0.1, -0.05) is 11.6 Å². The Hall–Kier alpha value is -2.12. The average molecular weight is 341 g/mol. The minimum atomic E-state index is -0.970. The van der Waals surface area contributed by atoms with Crippen LogP contribution < -0.4 is 10.1 Å². The van der Waals surface area contributed by atoms with E-state index in [9.17, 15) is 9.59 Å². The number of rotatable bonds is 6. The zero-order chi connectivity index (χ0) is 16.1. The van der Waals surface area contributed by atoms with E-state index in [1.54, 1.807) is 36.6 Å². The molecular weight excluding hydrogens is 328 g/mol. The molecule has 0 aliphatic heterocycles. The van der Waals surface area contributed by atoms with Gasteiger partial charge in [0.2, 0.25) is 0 Å². The van der Waals surface area contributed by atoms with Gasteiger partial charge in [0.05, 0.1) is 12.1 Å². The van der Waals surface area contributed by atoms with Crippen molar-refractivity contribution in [2.24, 2.45) is 0 Å². The van der Waals surface area contributed by atoms with Crippen molar-refractivity contribution in [3.05, 3.63) is 40.4 Å². The molecule has 2 aromatic rings. The first-order chi connectivity index (χ1) is 10.4. The van der Waals surface area contributed by atoms with Crippen LogP contribution in [0.15, 0.2) is 29.6 Å². The fraction of sp³-hybridized carbons (Fsp3) is 0.214. The number of carbonyl (C=O) groups excluding carboxylic acids is 1. The summed E-state index contributed by atoms with van der Waals surface area (Å²) < 4.78 is 5.49. The van der Waals surface area contributed by atoms with Crippen LogP contribution in [-0.4, -0.2) is 28.1 Å². The van der Waals surface area contributed by atoms with E-state index in [0.717, 1.165) is 0 Å². The monoisotopic (exact) mass is 340 g/mol. The summed E-state index contributed by atoms with van der Waals surface area (Å²) in [5.74, 6) is -0.813. The number of hydrogen-bond acceptors (Lipinski definition) is 5. The van der Waals surface area contributed by atoms with Crippen LogP contribution in [0.1, 0.15) is 12.6 Å². The van der Waals surface area contributed by atoms with Crippen LogP contribution in [-0.2, 0) is 16.0 Å². The summed E-state index contributed by atoms with van der Waals surface area (Å²) >= 11 is 6.94. The molecule has 6 nitrogen and oxygen atoms in total. The summed E-state index contributed by atoms with van der Waals surface area (Å²) in [6.07, 6.45) is -0.906. The highest BCUT2D eigenvalue weighted by Crippen LogP contribution is 2.19. The minimum Gasteiger partial charge on any atom is -0.481 e. The molecule has 1 heterocycles. The number of nitrogens with one attached hydrogen (secondary N) is 1. The molecule has 0 saturated carbocycles. The highest BCUT2D eigenvalue weighted by Gasteiger charge is 2.16. The predicted molar refractivity (Wildman–Crippen MR) is 83.6 cm³/mol. The molecule has 22 heavy (non-hydrogen) atoms. The van der Waals surface area contributed by atoms with E-state index < -0.39 is 12.1 Å². The molecule has 0 radical (unpaired) electrons. The topological polar surface area (TPSA) is 88.5 Å². The number of ether oxygens (including phenoxy) is 1. The van der Waals surface area contributed by atoms with Gasteiger partial charge in [-0.05, 0) is 31.2 Å². The van der Waals surface area contributed by atoms with Crippen LogP contribution in [0.25, 0.3) is 0 Å². The standard InChI is InChI=1S/C14H13ClN2O4S/c1-8(21-11-4-2-9(15)3-5-11)13(20)17-14-16-10(7-22-14)6-12(18)19/h2-5,7-8H,6H2,1H3,(H,18,19)(H,16,17,20)/t8-/m1/s1. The Morgan fingerprint density at radius 3 is 2.73 bits per heavy atom. The number of aliphatic carboxylic acids is 1. The highest BCUT2D eigenvalue weighted by molar-refractivity contribution is 7.13. The van der Waals surface area contributed by atoms with Gasteiger partial charge in [-0.15, -0.1) is 11.3 Å². The molecule has 0 spiro atoms. The highest BCUT2D eigenvalue weighted by atomic mass is 35.5. The molecule has 0 bridgehead atoms. The third kappa shape index (κ3) is 4.71. The van der Waals surface area contributed by atoms with Gasteiger partial charge >= 0.3 is 5.97 Å². The number of anilines is 1. The normalized spacial score (nSPS) is 11.7. The van der Waals surface area contributed by atoms with Gasteiger partial charge in [-0.25, -0.2) is 4.98 Å². The molecule has 1 aromatic carbocycles. The Morgan fingerprint density at radius 2 is 2.09 bits per heavy atom. The average Bonchev–Trinajstić information content (AvgIpc) is 2.87. The van der Waals surface area contributed by atoms with Crippen LogP contribution in [0.4, 0.5) is 5.13 Å². The van der Waals surface area contributed by atoms with E-state index in [4.69, 9.17) is 21.4 Å². The number of carboxylic acids is 1. The zero-order valence-electron chi connectivity index (χ0n) is 11.6. The third-order valence-corrected chi connectivity index (χ3v) is 3.67. The summed E-state index contributed by atoms with van der Waals surface area (Å²) in [5, 5.41) is 13.8. The maximum Gasteiger partial charge on any atom is 0.309 e. The first-order valence-corrected chi connectivity index (χ1v) is 7.59. The number of carbonyl (C=O) groups is 2. The van der Waals surface area contributed by atoms with E-state index in [2.05, 4.69) is 10.3 Å². The maximum absolute atomic E-state index is 12.0. The van der Waals surface area contributed by atoms with E-state index in [1.165, 1.54) is 11.3 Å². The number of amides is 1. The number of hydrogen-bond donors (Lipinski definition) is 2. The molecule has 2 rings (SSSR count). The fourth-order valence-corrected chi connectivity index (χ4v) is 2.42. The Bertz CT molecular complexity index is 672. The number of benzene rings is 1. The first-order valence-electron chi connectivity index (χ1n) is 6.33. The Morgan fingerprint density at radius 1 is 1.41 bits per heavy atom. The van der Waals surface area contributed by atoms with Gasteiger partial charge in [0.1, 0.15) is 5.75 Å². The third-order valence-electron chi connectivity index (χ3n) is 2.61. The van der Waals surface area contributed by atoms with Gasteiger partial charge in [0, 0.05) is 10.4 Å². The second-order valence-corrected chi connectivity index (χ2v) is 5.71. The quantitative estimate of drug-likeness (QED) is 0.844. The molecule has 116 valence electrons. The van der Waals surface area contributed by atoms with Crippen molar-refractivity contribution >= 4 is 39.9 Å². The Kier molecular flexibility index (Phi) is 5.35. The van der Waals surface area contributed by atoms with Crippen LogP contribution in [0.2, 0.25) is 5.02 Å². The number of aromatic nitrogens is 1. The lowest BCUT2D eigenvalue weighted by Crippen LogP contribution is -2.30. The smallest absolute Gasteiger partial charge is 0.309 e. The molecule has 1 atom stereocenters. The molecule has 0 fully saturated rings. The SMILES string of the molecule is C[C@@H](Oc1ccc(Cl)cc1)C(=O)Nc1nc(CC(=O)O)cs1. The van der Waals surface area contributed by atoms with Crippen molar-refractivity contribution in [1.29, 1.82) is 0 Å². The van der Waals surface area contributed by atoms with Crippen LogP contribution in [0.5, 0.6) is 5.75 Å². The van der Waals surface area contributed by atoms with E-state index in [-0.39, 0.29) is 12.3 Å². The maximum atomic E-state index is 12.0. The lowest BCUT2D eigenvalue weighted by molar-refractivity contribution is -0.136. The summed E-state index contributed by atoms with van der Waals surface area (Å²) in [5.41, 5.74) is 0.402. The Labute approximate surface area is 135 Å². The van der Waals surface area contributed by atoms with Gasteiger partial charge in [-0.2, -0.15) is 0 Å². The number of nitrogens with zero attached hydrogens (tertiary/aromatic N) is 1. The molecule has 1 aromatic heterocycles. The van der Waals surface area contributed by atoms with Gasteiger partial charge in [0.15, 0.2) is 11.2 Å². The first kappa shape index (κ1) is 16.3. The van der Waals surface area contributed by atoms with E-state index >= 15 is 0 Å². The minimum absolute atomic E-state index is 0.177. The molecule has 2 N–H and O–H groups in total. The lowest BCUT2D eigenvalue weighted by Gasteiger charge is -2.13.